The van der Waals surface area contributed by atoms with Crippen molar-refractivity contribution in [3.8, 4) is 5.75 Å². The second-order valence-electron chi connectivity index (χ2n) is 5.30. The molecule has 128 valence electrons. The lowest BCUT2D eigenvalue weighted by Crippen LogP contribution is -2.37. The lowest BCUT2D eigenvalue weighted by atomic mass is 10.2. The number of para-hydroxylation sites is 1. The lowest BCUT2D eigenvalue weighted by molar-refractivity contribution is -0.143. The number of likely N-dealkylation sites (N-methyl/N-ethyl adjacent to an activating group) is 1. The van der Waals surface area contributed by atoms with E-state index >= 15 is 0 Å². The fraction of sp³-hybridized carbons (Fsp3) is 0.294. The van der Waals surface area contributed by atoms with Crippen LogP contribution in [0.4, 0.5) is 13.2 Å². The number of carbonyl (C=O) groups excluding carboxylic acids is 1. The van der Waals surface area contributed by atoms with Gasteiger partial charge in [0.15, 0.2) is 6.10 Å². The average Bonchev–Trinajstić information content (AvgIpc) is 2.54. The van der Waals surface area contributed by atoms with Crippen molar-refractivity contribution in [1.29, 1.82) is 0 Å². The topological polar surface area (TPSA) is 42.4 Å². The Labute approximate surface area is 137 Å². The van der Waals surface area contributed by atoms with Gasteiger partial charge < -0.3 is 9.64 Å². The predicted octanol–water partition coefficient (Wildman–Crippen LogP) is 3.53. The molecule has 0 radical (unpaired) electrons. The molecule has 0 saturated heterocycles. The molecule has 0 spiro atoms. The van der Waals surface area contributed by atoms with Gasteiger partial charge in [0.2, 0.25) is 0 Å². The first-order valence-electron chi connectivity index (χ1n) is 7.26. The maximum Gasteiger partial charge on any atom is 0.419 e. The molecule has 2 rings (SSSR count). The highest BCUT2D eigenvalue weighted by Crippen LogP contribution is 2.36. The quantitative estimate of drug-likeness (QED) is 0.838. The number of rotatable bonds is 5. The molecule has 1 aromatic carbocycles. The van der Waals surface area contributed by atoms with Gasteiger partial charge in [0.05, 0.1) is 5.56 Å². The van der Waals surface area contributed by atoms with Crippen LogP contribution in [0.1, 0.15) is 18.1 Å². The number of amides is 1. The number of alkyl halides is 3. The Morgan fingerprint density at radius 1 is 1.21 bits per heavy atom. The van der Waals surface area contributed by atoms with Crippen LogP contribution in [0.2, 0.25) is 0 Å². The normalized spacial score (nSPS) is 12.5. The molecule has 2 aromatic rings. The Hall–Kier alpha value is -2.57. The van der Waals surface area contributed by atoms with Crippen molar-refractivity contribution in [2.75, 3.05) is 7.05 Å². The minimum absolute atomic E-state index is 0.315. The van der Waals surface area contributed by atoms with Crippen LogP contribution < -0.4 is 4.74 Å². The van der Waals surface area contributed by atoms with Crippen LogP contribution in [-0.4, -0.2) is 28.9 Å². The van der Waals surface area contributed by atoms with E-state index in [1.165, 1.54) is 30.0 Å². The summed E-state index contributed by atoms with van der Waals surface area (Å²) in [5, 5.41) is 0. The molecule has 1 amide bonds. The fourth-order valence-electron chi connectivity index (χ4n) is 2.19. The maximum atomic E-state index is 13.0. The van der Waals surface area contributed by atoms with E-state index in [1.54, 1.807) is 31.6 Å². The standard InChI is InChI=1S/C17H17F3N2O2/c1-12(16(23)22(2)11-13-7-9-21-10-8-13)24-15-6-4-3-5-14(15)17(18,19)20/h3-10,12H,11H2,1-2H3/t12-/m0/s1. The van der Waals surface area contributed by atoms with Gasteiger partial charge in [-0.1, -0.05) is 12.1 Å². The van der Waals surface area contributed by atoms with Crippen molar-refractivity contribution < 1.29 is 22.7 Å². The van der Waals surface area contributed by atoms with Crippen molar-refractivity contribution in [3.63, 3.8) is 0 Å². The maximum absolute atomic E-state index is 13.0. The largest absolute Gasteiger partial charge is 0.480 e. The summed E-state index contributed by atoms with van der Waals surface area (Å²) in [6.07, 6.45) is -2.37. The molecule has 1 aromatic heterocycles. The van der Waals surface area contributed by atoms with Gasteiger partial charge in [0.25, 0.3) is 5.91 Å². The minimum Gasteiger partial charge on any atom is -0.480 e. The third-order valence-electron chi connectivity index (χ3n) is 3.39. The fourth-order valence-corrected chi connectivity index (χ4v) is 2.19. The summed E-state index contributed by atoms with van der Waals surface area (Å²) in [6, 6.07) is 8.35. The van der Waals surface area contributed by atoms with Crippen LogP contribution in [0.3, 0.4) is 0 Å². The zero-order chi connectivity index (χ0) is 17.7. The van der Waals surface area contributed by atoms with E-state index in [9.17, 15) is 18.0 Å². The first-order valence-corrected chi connectivity index (χ1v) is 7.26. The summed E-state index contributed by atoms with van der Waals surface area (Å²) in [5.41, 5.74) is -0.0369. The molecular formula is C17H17F3N2O2. The first kappa shape index (κ1) is 17.8. The molecule has 0 bridgehead atoms. The van der Waals surface area contributed by atoms with Gasteiger partial charge in [-0.3, -0.25) is 9.78 Å². The molecular weight excluding hydrogens is 321 g/mol. The third-order valence-corrected chi connectivity index (χ3v) is 3.39. The van der Waals surface area contributed by atoms with E-state index in [1.807, 2.05) is 0 Å². The number of benzene rings is 1. The highest BCUT2D eigenvalue weighted by molar-refractivity contribution is 5.80. The summed E-state index contributed by atoms with van der Waals surface area (Å²) >= 11 is 0. The summed E-state index contributed by atoms with van der Waals surface area (Å²) in [6.45, 7) is 1.74. The van der Waals surface area contributed by atoms with E-state index < -0.39 is 23.8 Å². The number of halogens is 3. The number of nitrogens with zero attached hydrogens (tertiary/aromatic N) is 2. The number of pyridine rings is 1. The SMILES string of the molecule is C[C@H](Oc1ccccc1C(F)(F)F)C(=O)N(C)Cc1ccncc1. The number of carbonyl (C=O) groups is 1. The molecule has 24 heavy (non-hydrogen) atoms. The summed E-state index contributed by atoms with van der Waals surface area (Å²) in [7, 11) is 1.57. The Balaban J connectivity index is 2.07. The summed E-state index contributed by atoms with van der Waals surface area (Å²) in [5.74, 6) is -0.771. The van der Waals surface area contributed by atoms with Gasteiger partial charge in [0.1, 0.15) is 5.75 Å². The Morgan fingerprint density at radius 2 is 1.83 bits per heavy atom. The van der Waals surface area contributed by atoms with Gasteiger partial charge in [-0.25, -0.2) is 0 Å². The van der Waals surface area contributed by atoms with Gasteiger partial charge in [-0.15, -0.1) is 0 Å². The second kappa shape index (κ2) is 7.33. The lowest BCUT2D eigenvalue weighted by Gasteiger charge is -2.23. The van der Waals surface area contributed by atoms with Crippen molar-refractivity contribution in [2.24, 2.45) is 0 Å². The van der Waals surface area contributed by atoms with Gasteiger partial charge in [0, 0.05) is 26.0 Å². The Bertz CT molecular complexity index is 690. The average molecular weight is 338 g/mol. The van der Waals surface area contributed by atoms with E-state index in [0.29, 0.717) is 6.54 Å². The number of aromatic nitrogens is 1. The van der Waals surface area contributed by atoms with Crippen LogP contribution in [0.15, 0.2) is 48.8 Å². The second-order valence-corrected chi connectivity index (χ2v) is 5.30. The Kier molecular flexibility index (Phi) is 5.43. The van der Waals surface area contributed by atoms with E-state index in [0.717, 1.165) is 11.6 Å². The number of hydrogen-bond acceptors (Lipinski definition) is 3. The van der Waals surface area contributed by atoms with Crippen molar-refractivity contribution in [1.82, 2.24) is 9.88 Å². The summed E-state index contributed by atoms with van der Waals surface area (Å²) in [4.78, 5) is 17.6. The molecule has 0 N–H and O–H groups in total. The zero-order valence-electron chi connectivity index (χ0n) is 13.2. The molecule has 0 aliphatic rings. The van der Waals surface area contributed by atoms with Crippen LogP contribution in [0, 0.1) is 0 Å². The van der Waals surface area contributed by atoms with E-state index in [4.69, 9.17) is 4.74 Å². The summed E-state index contributed by atoms with van der Waals surface area (Å²) < 4.78 is 44.2. The molecule has 1 atom stereocenters. The molecule has 0 aliphatic heterocycles. The first-order chi connectivity index (χ1) is 11.3. The Morgan fingerprint density at radius 3 is 2.46 bits per heavy atom. The molecule has 4 nitrogen and oxygen atoms in total. The zero-order valence-corrected chi connectivity index (χ0v) is 13.2. The molecule has 0 aliphatic carbocycles. The number of ether oxygens (including phenoxy) is 1. The third kappa shape index (κ3) is 4.47. The van der Waals surface area contributed by atoms with Gasteiger partial charge in [-0.2, -0.15) is 13.2 Å². The van der Waals surface area contributed by atoms with Gasteiger partial charge >= 0.3 is 6.18 Å². The highest BCUT2D eigenvalue weighted by atomic mass is 19.4. The molecule has 0 saturated carbocycles. The van der Waals surface area contributed by atoms with Crippen molar-refractivity contribution >= 4 is 5.91 Å². The van der Waals surface area contributed by atoms with Gasteiger partial charge in [-0.05, 0) is 36.8 Å². The van der Waals surface area contributed by atoms with Crippen LogP contribution >= 0.6 is 0 Å². The van der Waals surface area contributed by atoms with Crippen LogP contribution in [0.5, 0.6) is 5.75 Å². The highest BCUT2D eigenvalue weighted by Gasteiger charge is 2.35. The van der Waals surface area contributed by atoms with Crippen LogP contribution in [-0.2, 0) is 17.5 Å². The van der Waals surface area contributed by atoms with E-state index in [2.05, 4.69) is 4.98 Å². The van der Waals surface area contributed by atoms with Crippen molar-refractivity contribution in [2.45, 2.75) is 25.7 Å². The molecule has 7 heteroatoms. The molecule has 0 unspecified atom stereocenters. The predicted molar refractivity (Wildman–Crippen MR) is 82.2 cm³/mol. The molecule has 1 heterocycles. The van der Waals surface area contributed by atoms with Crippen LogP contribution in [0.25, 0.3) is 0 Å². The molecule has 0 fully saturated rings. The smallest absolute Gasteiger partial charge is 0.419 e. The minimum atomic E-state index is -4.54. The van der Waals surface area contributed by atoms with E-state index in [-0.39, 0.29) is 5.75 Å². The van der Waals surface area contributed by atoms with Crippen molar-refractivity contribution in [3.05, 3.63) is 59.9 Å². The monoisotopic (exact) mass is 338 g/mol. The number of hydrogen-bond donors (Lipinski definition) is 0.